The van der Waals surface area contributed by atoms with Crippen molar-refractivity contribution in [1.29, 1.82) is 0 Å². The Hall–Kier alpha value is -6.63. The SMILES string of the molecule is c1ccc(-c2nc(-c3cccc4c3oc3cc(-c5cccc6c5sc5ccccc56)ccc34)nc(-n3c4ccccc4c4ccccc43)n2)cc1. The molecule has 51 heavy (non-hydrogen) atoms. The minimum absolute atomic E-state index is 0.556. The number of hydrogen-bond donors (Lipinski definition) is 0. The average Bonchev–Trinajstić information content (AvgIpc) is 3.87. The maximum atomic E-state index is 6.78. The third-order valence-electron chi connectivity index (χ3n) is 9.89. The van der Waals surface area contributed by atoms with Crippen LogP contribution in [-0.4, -0.2) is 19.5 Å². The van der Waals surface area contributed by atoms with Gasteiger partial charge in [-0.2, -0.15) is 9.97 Å². The molecule has 0 atom stereocenters. The first kappa shape index (κ1) is 28.2. The topological polar surface area (TPSA) is 56.7 Å². The first-order chi connectivity index (χ1) is 25.3. The van der Waals surface area contributed by atoms with Gasteiger partial charge in [0.05, 0.1) is 16.6 Å². The number of rotatable bonds is 4. The highest BCUT2D eigenvalue weighted by molar-refractivity contribution is 7.26. The molecule has 0 aliphatic carbocycles. The number of furan rings is 1. The molecule has 0 fully saturated rings. The Morgan fingerprint density at radius 3 is 1.90 bits per heavy atom. The molecule has 4 heterocycles. The fourth-order valence-electron chi connectivity index (χ4n) is 7.56. The van der Waals surface area contributed by atoms with Crippen molar-refractivity contribution in [1.82, 2.24) is 19.5 Å². The van der Waals surface area contributed by atoms with E-state index in [1.54, 1.807) is 0 Å². The Kier molecular flexibility index (Phi) is 6.05. The van der Waals surface area contributed by atoms with Gasteiger partial charge >= 0.3 is 0 Å². The summed E-state index contributed by atoms with van der Waals surface area (Å²) in [6.07, 6.45) is 0. The quantitative estimate of drug-likeness (QED) is 0.187. The molecule has 11 rings (SSSR count). The predicted molar refractivity (Wildman–Crippen MR) is 211 cm³/mol. The number of fused-ring (bicyclic) bond motifs is 9. The second-order valence-electron chi connectivity index (χ2n) is 12.8. The first-order valence-corrected chi connectivity index (χ1v) is 17.8. The van der Waals surface area contributed by atoms with Gasteiger partial charge in [0, 0.05) is 47.3 Å². The molecule has 0 unspecified atom stereocenters. The van der Waals surface area contributed by atoms with Crippen LogP contribution in [0, 0.1) is 0 Å². The third kappa shape index (κ3) is 4.30. The van der Waals surface area contributed by atoms with Crippen LogP contribution in [0.25, 0.3) is 104 Å². The molecular formula is C45H26N4OS. The molecule has 0 amide bonds. The smallest absolute Gasteiger partial charge is 0.238 e. The van der Waals surface area contributed by atoms with E-state index in [1.165, 1.54) is 25.7 Å². The molecule has 0 spiro atoms. The van der Waals surface area contributed by atoms with E-state index < -0.39 is 0 Å². The number of para-hydroxylation sites is 3. The molecule has 6 heteroatoms. The molecule has 0 radical (unpaired) electrons. The Morgan fingerprint density at radius 2 is 1.10 bits per heavy atom. The van der Waals surface area contributed by atoms with Crippen LogP contribution in [0.15, 0.2) is 162 Å². The van der Waals surface area contributed by atoms with Crippen LogP contribution in [0.4, 0.5) is 0 Å². The molecule has 7 aromatic carbocycles. The molecule has 0 bridgehead atoms. The maximum absolute atomic E-state index is 6.78. The number of hydrogen-bond acceptors (Lipinski definition) is 5. The van der Waals surface area contributed by atoms with Gasteiger partial charge in [-0.1, -0.05) is 121 Å². The lowest BCUT2D eigenvalue weighted by atomic mass is 10.0. The van der Waals surface area contributed by atoms with Crippen LogP contribution in [0.3, 0.4) is 0 Å². The number of thiophene rings is 1. The molecule has 0 aliphatic rings. The van der Waals surface area contributed by atoms with Gasteiger partial charge in [-0.15, -0.1) is 11.3 Å². The summed E-state index contributed by atoms with van der Waals surface area (Å²) in [4.78, 5) is 15.4. The summed E-state index contributed by atoms with van der Waals surface area (Å²) in [5.41, 5.74) is 7.73. The van der Waals surface area contributed by atoms with Crippen molar-refractivity contribution < 1.29 is 4.42 Å². The lowest BCUT2D eigenvalue weighted by molar-refractivity contribution is 0.669. The molecule has 4 aromatic heterocycles. The normalized spacial score (nSPS) is 11.9. The minimum atomic E-state index is 0.556. The van der Waals surface area contributed by atoms with E-state index in [0.717, 1.165) is 60.4 Å². The van der Waals surface area contributed by atoms with Crippen molar-refractivity contribution >= 4 is 75.3 Å². The molecule has 0 N–H and O–H groups in total. The van der Waals surface area contributed by atoms with E-state index >= 15 is 0 Å². The Balaban J connectivity index is 1.13. The molecule has 11 aromatic rings. The lowest BCUT2D eigenvalue weighted by Crippen LogP contribution is -2.06. The second kappa shape index (κ2) is 10.9. The number of nitrogens with zero attached hydrogens (tertiary/aromatic N) is 4. The number of benzene rings is 7. The van der Waals surface area contributed by atoms with Crippen molar-refractivity contribution in [2.45, 2.75) is 0 Å². The van der Waals surface area contributed by atoms with Crippen molar-refractivity contribution in [2.75, 3.05) is 0 Å². The van der Waals surface area contributed by atoms with Crippen LogP contribution >= 0.6 is 11.3 Å². The van der Waals surface area contributed by atoms with Crippen LogP contribution in [0.5, 0.6) is 0 Å². The van der Waals surface area contributed by atoms with E-state index in [2.05, 4.69) is 126 Å². The minimum Gasteiger partial charge on any atom is -0.455 e. The van der Waals surface area contributed by atoms with Crippen molar-refractivity contribution in [3.05, 3.63) is 158 Å². The number of aromatic nitrogens is 4. The van der Waals surface area contributed by atoms with Gasteiger partial charge in [0.25, 0.3) is 0 Å². The summed E-state index contributed by atoms with van der Waals surface area (Å²) in [6, 6.07) is 54.9. The monoisotopic (exact) mass is 670 g/mol. The van der Waals surface area contributed by atoms with Crippen molar-refractivity contribution in [3.63, 3.8) is 0 Å². The summed E-state index contributed by atoms with van der Waals surface area (Å²) in [6.45, 7) is 0. The molecule has 5 nitrogen and oxygen atoms in total. The van der Waals surface area contributed by atoms with Gasteiger partial charge in [-0.3, -0.25) is 4.57 Å². The highest BCUT2D eigenvalue weighted by Gasteiger charge is 2.21. The zero-order valence-electron chi connectivity index (χ0n) is 27.1. The van der Waals surface area contributed by atoms with E-state index in [1.807, 2.05) is 47.7 Å². The van der Waals surface area contributed by atoms with Gasteiger partial charge in [-0.05, 0) is 47.5 Å². The van der Waals surface area contributed by atoms with Crippen LogP contribution < -0.4 is 0 Å². The fourth-order valence-corrected chi connectivity index (χ4v) is 8.79. The third-order valence-corrected chi connectivity index (χ3v) is 11.1. The standard InChI is InChI=1S/C45H26N4OS/c1-2-12-27(13-3-1)43-46-44(48-45(47-43)49-37-21-7-4-14-30(37)31-15-5-8-22-38(31)49)36-20-11-18-34-32-25-24-28(26-39(32)50-41(34)36)29-17-10-19-35-33-16-6-9-23-40(33)51-42(29)35/h1-26H. The van der Waals surface area contributed by atoms with Crippen molar-refractivity contribution in [2.24, 2.45) is 0 Å². The summed E-state index contributed by atoms with van der Waals surface area (Å²) in [5, 5.41) is 6.95. The Labute approximate surface area is 295 Å². The van der Waals surface area contributed by atoms with Crippen molar-refractivity contribution in [3.8, 4) is 39.9 Å². The predicted octanol–water partition coefficient (Wildman–Crippen LogP) is 12.2. The molecule has 0 saturated heterocycles. The summed E-state index contributed by atoms with van der Waals surface area (Å²) < 4.78 is 11.5. The van der Waals surface area contributed by atoms with E-state index in [0.29, 0.717) is 17.6 Å². The summed E-state index contributed by atoms with van der Waals surface area (Å²) in [5.74, 6) is 1.72. The Morgan fingerprint density at radius 1 is 0.451 bits per heavy atom. The van der Waals surface area contributed by atoms with E-state index in [9.17, 15) is 0 Å². The molecular weight excluding hydrogens is 645 g/mol. The van der Waals surface area contributed by atoms with Gasteiger partial charge in [0.15, 0.2) is 11.6 Å². The van der Waals surface area contributed by atoms with Gasteiger partial charge in [0.1, 0.15) is 11.2 Å². The largest absolute Gasteiger partial charge is 0.455 e. The highest BCUT2D eigenvalue weighted by Crippen LogP contribution is 2.42. The molecule has 238 valence electrons. The average molecular weight is 671 g/mol. The van der Waals surface area contributed by atoms with E-state index in [4.69, 9.17) is 19.4 Å². The zero-order chi connectivity index (χ0) is 33.5. The van der Waals surface area contributed by atoms with Crippen LogP contribution in [-0.2, 0) is 0 Å². The van der Waals surface area contributed by atoms with Crippen LogP contribution in [0.2, 0.25) is 0 Å². The lowest BCUT2D eigenvalue weighted by Gasteiger charge is -2.11. The Bertz CT molecular complexity index is 3100. The zero-order valence-corrected chi connectivity index (χ0v) is 27.9. The van der Waals surface area contributed by atoms with Gasteiger partial charge in [-0.25, -0.2) is 4.98 Å². The van der Waals surface area contributed by atoms with Crippen LogP contribution in [0.1, 0.15) is 0 Å². The van der Waals surface area contributed by atoms with Gasteiger partial charge < -0.3 is 4.42 Å². The fraction of sp³-hybridized carbons (Fsp3) is 0. The first-order valence-electron chi connectivity index (χ1n) is 16.9. The second-order valence-corrected chi connectivity index (χ2v) is 13.8. The highest BCUT2D eigenvalue weighted by atomic mass is 32.1. The molecule has 0 saturated carbocycles. The maximum Gasteiger partial charge on any atom is 0.238 e. The van der Waals surface area contributed by atoms with Gasteiger partial charge in [0.2, 0.25) is 5.95 Å². The summed E-state index contributed by atoms with van der Waals surface area (Å²) >= 11 is 1.84. The summed E-state index contributed by atoms with van der Waals surface area (Å²) in [7, 11) is 0. The van der Waals surface area contributed by atoms with E-state index in [-0.39, 0.29) is 0 Å². The molecule has 0 aliphatic heterocycles.